The zero-order valence-electron chi connectivity index (χ0n) is 13.0. The molecule has 0 amide bonds. The van der Waals surface area contributed by atoms with Gasteiger partial charge in [0.2, 0.25) is 0 Å². The largest absolute Gasteiger partial charge is 0.306 e. The van der Waals surface area contributed by atoms with Crippen molar-refractivity contribution in [1.29, 1.82) is 0 Å². The van der Waals surface area contributed by atoms with Crippen molar-refractivity contribution in [2.45, 2.75) is 72.4 Å². The number of hydrogen-bond donors (Lipinski definition) is 1. The van der Waals surface area contributed by atoms with Gasteiger partial charge in [-0.1, -0.05) is 27.7 Å². The summed E-state index contributed by atoms with van der Waals surface area (Å²) >= 11 is 2.05. The van der Waals surface area contributed by atoms with Crippen molar-refractivity contribution in [3.05, 3.63) is 21.4 Å². The molecule has 3 rings (SSSR count). The van der Waals surface area contributed by atoms with Gasteiger partial charge in [-0.05, 0) is 55.1 Å². The maximum atomic E-state index is 3.87. The third-order valence-corrected chi connectivity index (χ3v) is 7.30. The lowest BCUT2D eigenvalue weighted by atomic mass is 9.99. The molecule has 1 atom stereocenters. The molecule has 1 aromatic heterocycles. The van der Waals surface area contributed by atoms with Gasteiger partial charge < -0.3 is 5.32 Å². The fourth-order valence-electron chi connectivity index (χ4n) is 3.67. The summed E-state index contributed by atoms with van der Waals surface area (Å²) in [6, 6.07) is 3.62. The normalized spacial score (nSPS) is 25.9. The molecule has 0 radical (unpaired) electrons. The van der Waals surface area contributed by atoms with Crippen LogP contribution in [0.25, 0.3) is 0 Å². The molecule has 0 spiro atoms. The number of thiophene rings is 1. The summed E-state index contributed by atoms with van der Waals surface area (Å²) in [6.07, 6.45) is 5.39. The van der Waals surface area contributed by atoms with Crippen LogP contribution in [0.5, 0.6) is 0 Å². The summed E-state index contributed by atoms with van der Waals surface area (Å²) < 4.78 is 0. The fourth-order valence-corrected chi connectivity index (χ4v) is 4.94. The lowest BCUT2D eigenvalue weighted by Crippen LogP contribution is -2.25. The van der Waals surface area contributed by atoms with Crippen LogP contribution >= 0.6 is 11.3 Å². The molecule has 1 heterocycles. The number of rotatable bonds is 3. The quantitative estimate of drug-likeness (QED) is 0.843. The molecule has 0 saturated heterocycles. The Kier molecular flexibility index (Phi) is 3.10. The second-order valence-corrected chi connectivity index (χ2v) is 8.74. The minimum Gasteiger partial charge on any atom is -0.306 e. The molecule has 19 heavy (non-hydrogen) atoms. The van der Waals surface area contributed by atoms with E-state index < -0.39 is 0 Å². The van der Waals surface area contributed by atoms with Crippen molar-refractivity contribution in [3.63, 3.8) is 0 Å². The first-order valence-electron chi connectivity index (χ1n) is 7.71. The van der Waals surface area contributed by atoms with E-state index >= 15 is 0 Å². The van der Waals surface area contributed by atoms with E-state index in [1.54, 1.807) is 15.3 Å². The molecule has 1 aromatic rings. The van der Waals surface area contributed by atoms with Crippen molar-refractivity contribution in [3.8, 4) is 0 Å². The molecule has 1 N–H and O–H groups in total. The highest BCUT2D eigenvalue weighted by molar-refractivity contribution is 7.12. The first kappa shape index (κ1) is 13.6. The Morgan fingerprint density at radius 3 is 2.37 bits per heavy atom. The maximum Gasteiger partial charge on any atom is 0.0388 e. The third-order valence-electron chi connectivity index (χ3n) is 5.88. The molecule has 0 bridgehead atoms. The maximum absolute atomic E-state index is 3.87. The number of fused-ring (bicyclic) bond motifs is 1. The summed E-state index contributed by atoms with van der Waals surface area (Å²) in [7, 11) is 0. The zero-order valence-corrected chi connectivity index (χ0v) is 13.8. The molecular weight excluding hydrogens is 250 g/mol. The summed E-state index contributed by atoms with van der Waals surface area (Å²) in [4.78, 5) is 3.20. The highest BCUT2D eigenvalue weighted by Crippen LogP contribution is 2.63. The predicted octanol–water partition coefficient (Wildman–Crippen LogP) is 4.71. The van der Waals surface area contributed by atoms with E-state index in [9.17, 15) is 0 Å². The van der Waals surface area contributed by atoms with Crippen LogP contribution in [0.4, 0.5) is 0 Å². The number of aryl methyl sites for hydroxylation is 2. The van der Waals surface area contributed by atoms with Gasteiger partial charge in [-0.25, -0.2) is 0 Å². The van der Waals surface area contributed by atoms with Crippen LogP contribution in [-0.2, 0) is 12.8 Å². The average Bonchev–Trinajstić information content (AvgIpc) is 2.73. The first-order valence-corrected chi connectivity index (χ1v) is 8.53. The Hall–Kier alpha value is -0.340. The van der Waals surface area contributed by atoms with Crippen molar-refractivity contribution >= 4 is 11.3 Å². The van der Waals surface area contributed by atoms with Crippen LogP contribution in [0.2, 0.25) is 0 Å². The van der Waals surface area contributed by atoms with Crippen LogP contribution in [0.3, 0.4) is 0 Å². The highest BCUT2D eigenvalue weighted by Gasteiger charge is 2.64. The van der Waals surface area contributed by atoms with Gasteiger partial charge >= 0.3 is 0 Å². The van der Waals surface area contributed by atoms with E-state index in [4.69, 9.17) is 0 Å². The lowest BCUT2D eigenvalue weighted by molar-refractivity contribution is 0.457. The van der Waals surface area contributed by atoms with Crippen molar-refractivity contribution in [2.24, 2.45) is 10.8 Å². The predicted molar refractivity (Wildman–Crippen MR) is 83.9 cm³/mol. The molecule has 1 unspecified atom stereocenters. The van der Waals surface area contributed by atoms with E-state index in [-0.39, 0.29) is 0 Å². The number of nitrogens with one attached hydrogen (secondary N) is 1. The minimum atomic E-state index is 0.429. The van der Waals surface area contributed by atoms with Gasteiger partial charge in [-0.15, -0.1) is 11.3 Å². The molecule has 0 aromatic carbocycles. The van der Waals surface area contributed by atoms with Gasteiger partial charge in [0.05, 0.1) is 0 Å². The van der Waals surface area contributed by atoms with Crippen LogP contribution in [0.15, 0.2) is 6.07 Å². The summed E-state index contributed by atoms with van der Waals surface area (Å²) in [5, 5.41) is 3.87. The van der Waals surface area contributed by atoms with E-state index in [0.717, 1.165) is 0 Å². The van der Waals surface area contributed by atoms with E-state index in [1.165, 1.54) is 25.7 Å². The van der Waals surface area contributed by atoms with Crippen LogP contribution in [0.1, 0.15) is 68.8 Å². The molecule has 106 valence electrons. The van der Waals surface area contributed by atoms with Gasteiger partial charge in [0.1, 0.15) is 0 Å². The topological polar surface area (TPSA) is 12.0 Å². The van der Waals surface area contributed by atoms with Crippen molar-refractivity contribution in [1.82, 2.24) is 5.32 Å². The monoisotopic (exact) mass is 277 g/mol. The molecule has 2 aliphatic rings. The fraction of sp³-hybridized carbons (Fsp3) is 0.765. The summed E-state index contributed by atoms with van der Waals surface area (Å²) in [6.45, 7) is 11.9. The lowest BCUT2D eigenvalue weighted by Gasteiger charge is -2.14. The third kappa shape index (κ3) is 2.08. The Morgan fingerprint density at radius 2 is 1.79 bits per heavy atom. The van der Waals surface area contributed by atoms with Gasteiger partial charge in [-0.2, -0.15) is 0 Å². The molecule has 1 nitrogen and oxygen atoms in total. The van der Waals surface area contributed by atoms with E-state index in [1.807, 2.05) is 0 Å². The molecule has 0 aliphatic heterocycles. The van der Waals surface area contributed by atoms with E-state index in [0.29, 0.717) is 22.9 Å². The molecule has 2 aliphatic carbocycles. The molecule has 1 fully saturated rings. The Labute approximate surface area is 121 Å². The average molecular weight is 277 g/mol. The minimum absolute atomic E-state index is 0.429. The van der Waals surface area contributed by atoms with Gasteiger partial charge in [0.15, 0.2) is 0 Å². The first-order chi connectivity index (χ1) is 8.84. The molecular formula is C17H27NS. The van der Waals surface area contributed by atoms with Crippen LogP contribution in [0, 0.1) is 10.8 Å². The Morgan fingerprint density at radius 1 is 1.16 bits per heavy atom. The van der Waals surface area contributed by atoms with Gasteiger partial charge in [0, 0.05) is 21.8 Å². The smallest absolute Gasteiger partial charge is 0.0388 e. The van der Waals surface area contributed by atoms with Crippen molar-refractivity contribution in [2.75, 3.05) is 0 Å². The van der Waals surface area contributed by atoms with Crippen LogP contribution < -0.4 is 5.32 Å². The summed E-state index contributed by atoms with van der Waals surface area (Å²) in [5.41, 5.74) is 2.49. The van der Waals surface area contributed by atoms with Crippen LogP contribution in [-0.4, -0.2) is 6.04 Å². The second kappa shape index (κ2) is 4.33. The Bertz CT molecular complexity index is 446. The van der Waals surface area contributed by atoms with Gasteiger partial charge in [0.25, 0.3) is 0 Å². The van der Waals surface area contributed by atoms with Crippen molar-refractivity contribution < 1.29 is 0 Å². The number of hydrogen-bond acceptors (Lipinski definition) is 2. The molecule has 1 saturated carbocycles. The Balaban J connectivity index is 1.71. The summed E-state index contributed by atoms with van der Waals surface area (Å²) in [5.74, 6) is 0. The van der Waals surface area contributed by atoms with E-state index in [2.05, 4.69) is 57.3 Å². The zero-order chi connectivity index (χ0) is 13.8. The molecule has 2 heteroatoms. The second-order valence-electron chi connectivity index (χ2n) is 7.57. The van der Waals surface area contributed by atoms with Gasteiger partial charge in [-0.3, -0.25) is 0 Å². The highest BCUT2D eigenvalue weighted by atomic mass is 32.1. The SMILES string of the molecule is CC(NC1C(C)(C)C1(C)C)c1cc2c(s1)CCCC2. The standard InChI is InChI=1S/C17H27NS/c1-11(18-15-16(2,3)17(15,4)5)14-10-12-8-6-7-9-13(12)19-14/h10-11,15,18H,6-9H2,1-5H3.